The van der Waals surface area contributed by atoms with Crippen LogP contribution in [-0.4, -0.2) is 12.5 Å². The van der Waals surface area contributed by atoms with Crippen LogP contribution in [0.3, 0.4) is 0 Å². The number of hydrogen-bond acceptors (Lipinski definition) is 2. The number of rotatable bonds is 5. The lowest BCUT2D eigenvalue weighted by atomic mass is 10.2. The van der Waals surface area contributed by atoms with Crippen molar-refractivity contribution in [2.45, 2.75) is 27.2 Å². The van der Waals surface area contributed by atoms with Crippen molar-refractivity contribution in [1.29, 1.82) is 0 Å². The molecule has 0 bridgehead atoms. The fourth-order valence-corrected chi connectivity index (χ4v) is 1.49. The molecule has 0 amide bonds. The van der Waals surface area contributed by atoms with Crippen LogP contribution in [0.2, 0.25) is 0 Å². The van der Waals surface area contributed by atoms with E-state index in [1.165, 1.54) is 12.2 Å². The van der Waals surface area contributed by atoms with Gasteiger partial charge in [-0.05, 0) is 30.2 Å². The molecule has 0 aromatic heterocycles. The first-order valence-corrected chi connectivity index (χ1v) is 5.05. The molecule has 0 fully saturated rings. The van der Waals surface area contributed by atoms with Crippen molar-refractivity contribution in [1.82, 2.24) is 0 Å². The van der Waals surface area contributed by atoms with Gasteiger partial charge in [-0.3, -0.25) is 4.99 Å². The van der Waals surface area contributed by atoms with E-state index >= 15 is 0 Å². The van der Waals surface area contributed by atoms with E-state index in [2.05, 4.69) is 37.9 Å². The Bertz CT molecular complexity index is 138. The molecule has 64 valence electrons. The predicted octanol–water partition coefficient (Wildman–Crippen LogP) is 3.33. The van der Waals surface area contributed by atoms with Gasteiger partial charge in [-0.25, -0.2) is 0 Å². The summed E-state index contributed by atoms with van der Waals surface area (Å²) in [6, 6.07) is 0. The minimum absolute atomic E-state index is 0.497. The molecule has 0 aliphatic rings. The highest BCUT2D eigenvalue weighted by Gasteiger charge is 1.98. The number of aliphatic imine (C=N–C) groups is 1. The van der Waals surface area contributed by atoms with Crippen LogP contribution in [0.15, 0.2) is 16.1 Å². The van der Waals surface area contributed by atoms with Gasteiger partial charge in [0.15, 0.2) is 0 Å². The molecule has 0 aromatic carbocycles. The molecule has 0 aromatic rings. The van der Waals surface area contributed by atoms with Gasteiger partial charge in [0, 0.05) is 5.70 Å². The van der Waals surface area contributed by atoms with Gasteiger partial charge in [-0.2, -0.15) is 0 Å². The van der Waals surface area contributed by atoms with Crippen LogP contribution >= 0.6 is 11.8 Å². The Balaban J connectivity index is 3.81. The first-order chi connectivity index (χ1) is 5.22. The molecule has 11 heavy (non-hydrogen) atoms. The van der Waals surface area contributed by atoms with E-state index in [1.807, 2.05) is 11.8 Å². The maximum absolute atomic E-state index is 3.95. The third kappa shape index (κ3) is 5.08. The smallest absolute Gasteiger partial charge is 0.0484 e. The van der Waals surface area contributed by atoms with Gasteiger partial charge < -0.3 is 0 Å². The second-order valence-electron chi connectivity index (χ2n) is 2.73. The molecule has 0 rings (SSSR count). The molecule has 0 heterocycles. The van der Waals surface area contributed by atoms with Crippen molar-refractivity contribution in [3.05, 3.63) is 11.1 Å². The molecule has 0 N–H and O–H groups in total. The number of hydrogen-bond donors (Lipinski definition) is 0. The third-order valence-electron chi connectivity index (χ3n) is 1.30. The molecular weight excluding hydrogens is 154 g/mol. The Kier molecular flexibility index (Phi) is 6.33. The lowest BCUT2D eigenvalue weighted by molar-refractivity contribution is 0.762. The van der Waals surface area contributed by atoms with Crippen LogP contribution in [0.4, 0.5) is 0 Å². The van der Waals surface area contributed by atoms with E-state index in [4.69, 9.17) is 0 Å². The zero-order valence-electron chi connectivity index (χ0n) is 7.63. The standard InChI is InChI=1S/C9H17NS/c1-5-6-11-7-9(10-4)8(2)3/h7-8H,4-6H2,1-3H3/b9-7-. The van der Waals surface area contributed by atoms with Crippen LogP contribution < -0.4 is 0 Å². The van der Waals surface area contributed by atoms with E-state index < -0.39 is 0 Å². The van der Waals surface area contributed by atoms with E-state index in [1.54, 1.807) is 0 Å². The molecule has 0 aliphatic heterocycles. The molecule has 0 spiro atoms. The van der Waals surface area contributed by atoms with E-state index in [9.17, 15) is 0 Å². The molecule has 0 saturated heterocycles. The van der Waals surface area contributed by atoms with Crippen molar-refractivity contribution in [2.24, 2.45) is 10.9 Å². The number of allylic oxidation sites excluding steroid dienone is 1. The van der Waals surface area contributed by atoms with Crippen LogP contribution in [-0.2, 0) is 0 Å². The number of nitrogens with zero attached hydrogens (tertiary/aromatic N) is 1. The molecule has 2 heteroatoms. The summed E-state index contributed by atoms with van der Waals surface area (Å²) >= 11 is 1.82. The van der Waals surface area contributed by atoms with Crippen LogP contribution in [0.1, 0.15) is 27.2 Å². The molecule has 0 saturated carbocycles. The van der Waals surface area contributed by atoms with Gasteiger partial charge in [-0.15, -0.1) is 11.8 Å². The Hall–Kier alpha value is -0.240. The fourth-order valence-electron chi connectivity index (χ4n) is 0.618. The quantitative estimate of drug-likeness (QED) is 0.456. The summed E-state index contributed by atoms with van der Waals surface area (Å²) in [4.78, 5) is 3.95. The van der Waals surface area contributed by atoms with Gasteiger partial charge in [0.25, 0.3) is 0 Å². The van der Waals surface area contributed by atoms with E-state index in [0.717, 1.165) is 5.70 Å². The van der Waals surface area contributed by atoms with E-state index in [0.29, 0.717) is 5.92 Å². The zero-order valence-corrected chi connectivity index (χ0v) is 8.45. The van der Waals surface area contributed by atoms with Gasteiger partial charge >= 0.3 is 0 Å². The summed E-state index contributed by atoms with van der Waals surface area (Å²) in [6.45, 7) is 9.97. The minimum Gasteiger partial charge on any atom is -0.268 e. The van der Waals surface area contributed by atoms with Crippen LogP contribution in [0, 0.1) is 5.92 Å². The highest BCUT2D eigenvalue weighted by molar-refractivity contribution is 8.02. The van der Waals surface area contributed by atoms with Crippen molar-refractivity contribution in [3.8, 4) is 0 Å². The lowest BCUT2D eigenvalue weighted by Crippen LogP contribution is -1.88. The van der Waals surface area contributed by atoms with Crippen molar-refractivity contribution < 1.29 is 0 Å². The van der Waals surface area contributed by atoms with Crippen LogP contribution in [0.25, 0.3) is 0 Å². The van der Waals surface area contributed by atoms with E-state index in [-0.39, 0.29) is 0 Å². The summed E-state index contributed by atoms with van der Waals surface area (Å²) in [6.07, 6.45) is 1.21. The summed E-state index contributed by atoms with van der Waals surface area (Å²) < 4.78 is 0. The first kappa shape index (κ1) is 10.8. The topological polar surface area (TPSA) is 12.4 Å². The Morgan fingerprint density at radius 3 is 2.64 bits per heavy atom. The SMILES string of the molecule is C=N/C(=C\SCCC)C(C)C. The number of thioether (sulfide) groups is 1. The Morgan fingerprint density at radius 2 is 2.27 bits per heavy atom. The summed E-state index contributed by atoms with van der Waals surface area (Å²) in [5, 5.41) is 2.11. The van der Waals surface area contributed by atoms with Crippen molar-refractivity contribution in [2.75, 3.05) is 5.75 Å². The molecular formula is C9H17NS. The zero-order chi connectivity index (χ0) is 8.69. The predicted molar refractivity (Wildman–Crippen MR) is 55.2 cm³/mol. The molecule has 0 radical (unpaired) electrons. The maximum Gasteiger partial charge on any atom is 0.0484 e. The summed E-state index contributed by atoms with van der Waals surface area (Å²) in [5.74, 6) is 1.67. The Morgan fingerprint density at radius 1 is 1.64 bits per heavy atom. The van der Waals surface area contributed by atoms with Crippen molar-refractivity contribution in [3.63, 3.8) is 0 Å². The van der Waals surface area contributed by atoms with Gasteiger partial charge in [-0.1, -0.05) is 20.8 Å². The summed E-state index contributed by atoms with van der Waals surface area (Å²) in [5.41, 5.74) is 1.10. The molecule has 1 nitrogen and oxygen atoms in total. The third-order valence-corrected chi connectivity index (χ3v) is 2.35. The Labute approximate surface area is 74.0 Å². The lowest BCUT2D eigenvalue weighted by Gasteiger charge is -2.03. The van der Waals surface area contributed by atoms with Gasteiger partial charge in [0.1, 0.15) is 0 Å². The maximum atomic E-state index is 3.95. The minimum atomic E-state index is 0.497. The van der Waals surface area contributed by atoms with Crippen LogP contribution in [0.5, 0.6) is 0 Å². The molecule has 0 aliphatic carbocycles. The average molecular weight is 171 g/mol. The largest absolute Gasteiger partial charge is 0.268 e. The van der Waals surface area contributed by atoms with Gasteiger partial charge in [0.05, 0.1) is 0 Å². The van der Waals surface area contributed by atoms with Crippen molar-refractivity contribution >= 4 is 18.5 Å². The fraction of sp³-hybridized carbons (Fsp3) is 0.667. The molecule has 0 atom stereocenters. The first-order valence-electron chi connectivity index (χ1n) is 4.00. The monoisotopic (exact) mass is 171 g/mol. The second-order valence-corrected chi connectivity index (χ2v) is 3.70. The highest BCUT2D eigenvalue weighted by Crippen LogP contribution is 2.16. The second kappa shape index (κ2) is 6.47. The highest BCUT2D eigenvalue weighted by atomic mass is 32.2. The average Bonchev–Trinajstić information content (AvgIpc) is 1.97. The normalized spacial score (nSPS) is 12.2. The molecule has 0 unspecified atom stereocenters. The van der Waals surface area contributed by atoms with Gasteiger partial charge in [0.2, 0.25) is 0 Å². The summed E-state index contributed by atoms with van der Waals surface area (Å²) in [7, 11) is 0.